The van der Waals surface area contributed by atoms with Crippen LogP contribution >= 0.6 is 0 Å². The molecule has 3 rings (SSSR count). The largest absolute Gasteiger partial charge is 0.354 e. The van der Waals surface area contributed by atoms with Gasteiger partial charge in [0.1, 0.15) is 11.7 Å². The lowest BCUT2D eigenvalue weighted by atomic mass is 10.2. The van der Waals surface area contributed by atoms with Gasteiger partial charge in [-0.3, -0.25) is 0 Å². The van der Waals surface area contributed by atoms with Crippen LogP contribution in [0, 0.1) is 0 Å². The van der Waals surface area contributed by atoms with Gasteiger partial charge in [0, 0.05) is 38.9 Å². The highest BCUT2D eigenvalue weighted by Gasteiger charge is 2.21. The highest BCUT2D eigenvalue weighted by atomic mass is 15.3. The van der Waals surface area contributed by atoms with E-state index in [1.807, 2.05) is 6.08 Å². The Morgan fingerprint density at radius 3 is 2.78 bits per heavy atom. The maximum atomic E-state index is 4.75. The summed E-state index contributed by atoms with van der Waals surface area (Å²) in [4.78, 5) is 11.8. The second-order valence-corrected chi connectivity index (χ2v) is 4.81. The lowest BCUT2D eigenvalue weighted by Crippen LogP contribution is -2.46. The van der Waals surface area contributed by atoms with Gasteiger partial charge in [-0.15, -0.1) is 0 Å². The van der Waals surface area contributed by atoms with E-state index in [9.17, 15) is 0 Å². The van der Waals surface area contributed by atoms with E-state index in [1.165, 1.54) is 0 Å². The first-order valence-electron chi connectivity index (χ1n) is 6.74. The number of likely N-dealkylation sites (N-methyl/N-ethyl adjacent to an activating group) is 1. The van der Waals surface area contributed by atoms with Crippen molar-refractivity contribution in [3.63, 3.8) is 0 Å². The molecule has 18 heavy (non-hydrogen) atoms. The third kappa shape index (κ3) is 2.20. The summed E-state index contributed by atoms with van der Waals surface area (Å²) in [6.45, 7) is 8.81. The highest BCUT2D eigenvalue weighted by molar-refractivity contribution is 5.96. The van der Waals surface area contributed by atoms with Crippen molar-refractivity contribution in [1.82, 2.24) is 14.7 Å². The van der Waals surface area contributed by atoms with Gasteiger partial charge < -0.3 is 14.7 Å². The molecular weight excluding hydrogens is 224 g/mol. The second-order valence-electron chi connectivity index (χ2n) is 4.81. The molecule has 96 valence electrons. The zero-order valence-electron chi connectivity index (χ0n) is 10.9. The molecule has 4 heteroatoms. The Labute approximate surface area is 109 Å². The molecule has 3 aliphatic heterocycles. The molecule has 4 nitrogen and oxygen atoms in total. The topological polar surface area (TPSA) is 22.1 Å². The summed E-state index contributed by atoms with van der Waals surface area (Å²) in [5.74, 6) is 2.21. The Morgan fingerprint density at radius 1 is 1.17 bits per heavy atom. The lowest BCUT2D eigenvalue weighted by molar-refractivity contribution is 0.163. The van der Waals surface area contributed by atoms with Gasteiger partial charge in [0.15, 0.2) is 0 Å². The van der Waals surface area contributed by atoms with Crippen molar-refractivity contribution < 1.29 is 0 Å². The van der Waals surface area contributed by atoms with E-state index in [4.69, 9.17) is 4.99 Å². The Bertz CT molecular complexity index is 425. The van der Waals surface area contributed by atoms with Crippen LogP contribution in [-0.4, -0.2) is 59.8 Å². The van der Waals surface area contributed by atoms with Crippen LogP contribution in [0.1, 0.15) is 6.92 Å². The van der Waals surface area contributed by atoms with Crippen LogP contribution in [-0.2, 0) is 0 Å². The van der Waals surface area contributed by atoms with E-state index in [1.54, 1.807) is 0 Å². The number of allylic oxidation sites excluding steroid dienone is 2. The Morgan fingerprint density at radius 2 is 2.00 bits per heavy atom. The summed E-state index contributed by atoms with van der Waals surface area (Å²) in [6, 6.07) is 0. The molecule has 0 N–H and O–H groups in total. The van der Waals surface area contributed by atoms with E-state index in [2.05, 4.69) is 46.1 Å². The minimum atomic E-state index is 0.934. The van der Waals surface area contributed by atoms with Crippen molar-refractivity contribution in [3.05, 3.63) is 36.3 Å². The minimum absolute atomic E-state index is 0.934. The fraction of sp³-hybridized carbons (Fsp3) is 0.500. The summed E-state index contributed by atoms with van der Waals surface area (Å²) in [5, 5.41) is 0. The first-order chi connectivity index (χ1) is 8.86. The van der Waals surface area contributed by atoms with Crippen molar-refractivity contribution in [1.29, 1.82) is 0 Å². The molecule has 0 unspecified atom stereocenters. The van der Waals surface area contributed by atoms with Crippen molar-refractivity contribution in [2.75, 3.05) is 39.3 Å². The van der Waals surface area contributed by atoms with Crippen molar-refractivity contribution in [2.45, 2.75) is 6.92 Å². The molecule has 0 amide bonds. The summed E-state index contributed by atoms with van der Waals surface area (Å²) in [5.41, 5.74) is 0. The summed E-state index contributed by atoms with van der Waals surface area (Å²) in [7, 11) is 0. The normalized spacial score (nSPS) is 23.8. The molecule has 0 spiro atoms. The minimum Gasteiger partial charge on any atom is -0.354 e. The van der Waals surface area contributed by atoms with Crippen molar-refractivity contribution in [2.24, 2.45) is 4.99 Å². The van der Waals surface area contributed by atoms with Gasteiger partial charge >= 0.3 is 0 Å². The molecule has 3 heterocycles. The standard InChI is InChI=1S/C14H20N4/c1-2-16-9-11-18(12-10-16)14-6-8-17-7-4-3-5-13(17)15-14/h3-7H,2,8-12H2,1H3. The summed E-state index contributed by atoms with van der Waals surface area (Å²) < 4.78 is 0. The maximum absolute atomic E-state index is 4.75. The van der Waals surface area contributed by atoms with Gasteiger partial charge in [0.25, 0.3) is 0 Å². The summed E-state index contributed by atoms with van der Waals surface area (Å²) >= 11 is 0. The second kappa shape index (κ2) is 4.98. The van der Waals surface area contributed by atoms with Crippen LogP contribution in [0.2, 0.25) is 0 Å². The van der Waals surface area contributed by atoms with Crippen LogP contribution in [0.25, 0.3) is 0 Å². The van der Waals surface area contributed by atoms with Gasteiger partial charge in [-0.2, -0.15) is 0 Å². The van der Waals surface area contributed by atoms with Crippen LogP contribution < -0.4 is 0 Å². The molecule has 0 bridgehead atoms. The Hall–Kier alpha value is -1.55. The predicted octanol–water partition coefficient (Wildman–Crippen LogP) is 1.26. The monoisotopic (exact) mass is 244 g/mol. The number of fused-ring (bicyclic) bond motifs is 1. The quantitative estimate of drug-likeness (QED) is 0.730. The number of amidine groups is 1. The number of rotatable bonds is 2. The number of hydrogen-bond donors (Lipinski definition) is 0. The van der Waals surface area contributed by atoms with E-state index >= 15 is 0 Å². The SMILES string of the molecule is CCN1CCN(C2=CCN3C=CC=CC3=N2)CC1. The van der Waals surface area contributed by atoms with Crippen molar-refractivity contribution in [3.8, 4) is 0 Å². The molecule has 0 aromatic carbocycles. The van der Waals surface area contributed by atoms with Crippen LogP contribution in [0.3, 0.4) is 0 Å². The fourth-order valence-corrected chi connectivity index (χ4v) is 2.56. The number of piperazine rings is 1. The summed E-state index contributed by atoms with van der Waals surface area (Å²) in [6.07, 6.45) is 10.5. The molecule has 0 saturated carbocycles. The average Bonchev–Trinajstić information content (AvgIpc) is 2.47. The molecule has 0 radical (unpaired) electrons. The van der Waals surface area contributed by atoms with Gasteiger partial charge in [-0.1, -0.05) is 13.0 Å². The van der Waals surface area contributed by atoms with Crippen molar-refractivity contribution >= 4 is 5.84 Å². The van der Waals surface area contributed by atoms with Crippen LogP contribution in [0.15, 0.2) is 41.3 Å². The lowest BCUT2D eigenvalue weighted by Gasteiger charge is -2.37. The molecule has 0 atom stereocenters. The first kappa shape index (κ1) is 11.5. The maximum Gasteiger partial charge on any atom is 0.135 e. The number of nitrogens with zero attached hydrogens (tertiary/aromatic N) is 4. The number of aliphatic imine (C=N–C) groups is 1. The van der Waals surface area contributed by atoms with E-state index < -0.39 is 0 Å². The molecule has 0 aromatic rings. The number of hydrogen-bond acceptors (Lipinski definition) is 4. The third-order valence-corrected chi connectivity index (χ3v) is 3.76. The molecule has 1 saturated heterocycles. The molecular formula is C14H20N4. The van der Waals surface area contributed by atoms with Gasteiger partial charge in [-0.25, -0.2) is 4.99 Å². The van der Waals surface area contributed by atoms with E-state index in [0.29, 0.717) is 0 Å². The molecule has 1 fully saturated rings. The molecule has 0 aromatic heterocycles. The Balaban J connectivity index is 1.68. The zero-order chi connectivity index (χ0) is 12.4. The molecule has 0 aliphatic carbocycles. The first-order valence-corrected chi connectivity index (χ1v) is 6.74. The average molecular weight is 244 g/mol. The van der Waals surface area contributed by atoms with E-state index in [-0.39, 0.29) is 0 Å². The zero-order valence-corrected chi connectivity index (χ0v) is 10.9. The van der Waals surface area contributed by atoms with Crippen LogP contribution in [0.4, 0.5) is 0 Å². The predicted molar refractivity (Wildman–Crippen MR) is 74.2 cm³/mol. The molecule has 3 aliphatic rings. The highest BCUT2D eigenvalue weighted by Crippen LogP contribution is 2.17. The fourth-order valence-electron chi connectivity index (χ4n) is 2.56. The van der Waals surface area contributed by atoms with Gasteiger partial charge in [-0.05, 0) is 24.8 Å². The Kier molecular flexibility index (Phi) is 3.19. The van der Waals surface area contributed by atoms with E-state index in [0.717, 1.165) is 50.9 Å². The van der Waals surface area contributed by atoms with Crippen LogP contribution in [0.5, 0.6) is 0 Å². The van der Waals surface area contributed by atoms with Gasteiger partial charge in [0.2, 0.25) is 0 Å². The smallest absolute Gasteiger partial charge is 0.135 e. The van der Waals surface area contributed by atoms with Gasteiger partial charge in [0.05, 0.1) is 0 Å². The third-order valence-electron chi connectivity index (χ3n) is 3.76.